The minimum atomic E-state index is -0.230. The molecule has 3 aromatic rings. The van der Waals surface area contributed by atoms with Crippen LogP contribution in [-0.2, 0) is 6.42 Å². The lowest BCUT2D eigenvalue weighted by atomic mass is 10.00. The van der Waals surface area contributed by atoms with Gasteiger partial charge in [0.2, 0.25) is 0 Å². The molecular weight excluding hydrogens is 253 g/mol. The van der Waals surface area contributed by atoms with Crippen molar-refractivity contribution in [2.75, 3.05) is 0 Å². The van der Waals surface area contributed by atoms with E-state index < -0.39 is 0 Å². The summed E-state index contributed by atoms with van der Waals surface area (Å²) in [4.78, 5) is 0. The van der Waals surface area contributed by atoms with Crippen LogP contribution in [0, 0.1) is 12.7 Å². The van der Waals surface area contributed by atoms with Gasteiger partial charge in [0, 0.05) is 5.39 Å². The van der Waals surface area contributed by atoms with Crippen molar-refractivity contribution in [3.05, 3.63) is 71.2 Å². The lowest BCUT2D eigenvalue weighted by molar-refractivity contribution is 0.493. The third kappa shape index (κ3) is 2.45. The van der Waals surface area contributed by atoms with Gasteiger partial charge >= 0.3 is 0 Å². The van der Waals surface area contributed by atoms with Gasteiger partial charge in [0.15, 0.2) is 0 Å². The molecule has 1 atom stereocenters. The van der Waals surface area contributed by atoms with Gasteiger partial charge in [-0.1, -0.05) is 24.3 Å². The van der Waals surface area contributed by atoms with Crippen LogP contribution in [0.15, 0.2) is 52.9 Å². The largest absolute Gasteiger partial charge is 0.459 e. The number of rotatable bonds is 3. The second-order valence-electron chi connectivity index (χ2n) is 5.07. The summed E-state index contributed by atoms with van der Waals surface area (Å²) in [7, 11) is 0. The van der Waals surface area contributed by atoms with Gasteiger partial charge in [-0.05, 0) is 48.7 Å². The van der Waals surface area contributed by atoms with Gasteiger partial charge in [0.25, 0.3) is 0 Å². The molecule has 0 aliphatic carbocycles. The van der Waals surface area contributed by atoms with Crippen LogP contribution in [0.3, 0.4) is 0 Å². The highest BCUT2D eigenvalue weighted by Crippen LogP contribution is 2.25. The van der Waals surface area contributed by atoms with E-state index in [9.17, 15) is 4.39 Å². The Morgan fingerprint density at radius 1 is 1.15 bits per heavy atom. The SMILES string of the molecule is Cc1cc(F)ccc1CC(N)c1cc2ccccc2o1. The van der Waals surface area contributed by atoms with Gasteiger partial charge in [0.1, 0.15) is 17.2 Å². The number of nitrogens with two attached hydrogens (primary N) is 1. The van der Waals surface area contributed by atoms with Crippen molar-refractivity contribution < 1.29 is 8.81 Å². The molecule has 20 heavy (non-hydrogen) atoms. The standard InChI is InChI=1S/C17H16FNO/c1-11-8-14(18)7-6-12(11)9-15(19)17-10-13-4-2-3-5-16(13)20-17/h2-8,10,15H,9,19H2,1H3. The van der Waals surface area contributed by atoms with Gasteiger partial charge in [-0.15, -0.1) is 0 Å². The Labute approximate surface area is 117 Å². The lowest BCUT2D eigenvalue weighted by Crippen LogP contribution is -2.13. The van der Waals surface area contributed by atoms with Crippen LogP contribution in [-0.4, -0.2) is 0 Å². The topological polar surface area (TPSA) is 39.2 Å². The predicted molar refractivity (Wildman–Crippen MR) is 78.0 cm³/mol. The van der Waals surface area contributed by atoms with Crippen molar-refractivity contribution in [2.45, 2.75) is 19.4 Å². The average molecular weight is 269 g/mol. The summed E-state index contributed by atoms with van der Waals surface area (Å²) in [5, 5.41) is 1.05. The van der Waals surface area contributed by atoms with Crippen LogP contribution in [0.2, 0.25) is 0 Å². The highest BCUT2D eigenvalue weighted by molar-refractivity contribution is 5.77. The molecule has 3 rings (SSSR count). The molecule has 1 heterocycles. The maximum absolute atomic E-state index is 13.1. The number of aryl methyl sites for hydroxylation is 1. The molecular formula is C17H16FNO. The fraction of sp³-hybridized carbons (Fsp3) is 0.176. The molecule has 0 fully saturated rings. The average Bonchev–Trinajstić information content (AvgIpc) is 2.86. The van der Waals surface area contributed by atoms with Crippen LogP contribution in [0.25, 0.3) is 11.0 Å². The maximum Gasteiger partial charge on any atom is 0.134 e. The highest BCUT2D eigenvalue weighted by Gasteiger charge is 2.14. The number of halogens is 1. The molecule has 0 amide bonds. The van der Waals surface area contributed by atoms with Crippen molar-refractivity contribution in [2.24, 2.45) is 5.73 Å². The number of para-hydroxylation sites is 1. The number of hydrogen-bond donors (Lipinski definition) is 1. The quantitative estimate of drug-likeness (QED) is 0.776. The van der Waals surface area contributed by atoms with Gasteiger partial charge in [0.05, 0.1) is 6.04 Å². The first-order valence-corrected chi connectivity index (χ1v) is 6.62. The Bertz CT molecular complexity index is 715. The van der Waals surface area contributed by atoms with Crippen LogP contribution >= 0.6 is 0 Å². The third-order valence-corrected chi connectivity index (χ3v) is 3.55. The first kappa shape index (κ1) is 12.9. The zero-order chi connectivity index (χ0) is 14.1. The molecule has 0 aliphatic rings. The Morgan fingerprint density at radius 3 is 2.70 bits per heavy atom. The second kappa shape index (κ2) is 5.10. The predicted octanol–water partition coefficient (Wildman–Crippen LogP) is 4.12. The summed E-state index contributed by atoms with van der Waals surface area (Å²) >= 11 is 0. The Balaban J connectivity index is 1.86. The number of furan rings is 1. The highest BCUT2D eigenvalue weighted by atomic mass is 19.1. The van der Waals surface area contributed by atoms with Gasteiger partial charge < -0.3 is 10.2 Å². The van der Waals surface area contributed by atoms with E-state index in [2.05, 4.69) is 0 Å². The maximum atomic E-state index is 13.1. The van der Waals surface area contributed by atoms with E-state index in [1.165, 1.54) is 12.1 Å². The van der Waals surface area contributed by atoms with E-state index in [1.807, 2.05) is 37.3 Å². The Morgan fingerprint density at radius 2 is 1.95 bits per heavy atom. The molecule has 2 N–H and O–H groups in total. The van der Waals surface area contributed by atoms with Crippen LogP contribution < -0.4 is 5.73 Å². The van der Waals surface area contributed by atoms with Crippen molar-refractivity contribution in [1.29, 1.82) is 0 Å². The lowest BCUT2D eigenvalue weighted by Gasteiger charge is -2.11. The number of benzene rings is 2. The molecule has 0 bridgehead atoms. The minimum Gasteiger partial charge on any atom is -0.459 e. The Kier molecular flexibility index (Phi) is 3.28. The minimum absolute atomic E-state index is 0.219. The molecule has 2 nitrogen and oxygen atoms in total. The van der Waals surface area contributed by atoms with Crippen molar-refractivity contribution in [3.63, 3.8) is 0 Å². The van der Waals surface area contributed by atoms with E-state index in [4.69, 9.17) is 10.2 Å². The zero-order valence-electron chi connectivity index (χ0n) is 11.3. The summed E-state index contributed by atoms with van der Waals surface area (Å²) in [6.45, 7) is 1.89. The van der Waals surface area contributed by atoms with Gasteiger partial charge in [-0.2, -0.15) is 0 Å². The first-order valence-electron chi connectivity index (χ1n) is 6.62. The molecule has 2 aromatic carbocycles. The molecule has 0 aliphatic heterocycles. The number of fused-ring (bicyclic) bond motifs is 1. The summed E-state index contributed by atoms with van der Waals surface area (Å²) in [5.41, 5.74) is 9.01. The van der Waals surface area contributed by atoms with Crippen LogP contribution in [0.4, 0.5) is 4.39 Å². The molecule has 0 saturated heterocycles. The molecule has 1 aromatic heterocycles. The van der Waals surface area contributed by atoms with Crippen LogP contribution in [0.1, 0.15) is 22.9 Å². The van der Waals surface area contributed by atoms with E-state index in [-0.39, 0.29) is 11.9 Å². The molecule has 0 saturated carbocycles. The normalized spacial score (nSPS) is 12.8. The van der Waals surface area contributed by atoms with Crippen LogP contribution in [0.5, 0.6) is 0 Å². The van der Waals surface area contributed by atoms with Gasteiger partial charge in [-0.3, -0.25) is 0 Å². The summed E-state index contributed by atoms with van der Waals surface area (Å²) in [5.74, 6) is 0.540. The monoisotopic (exact) mass is 269 g/mol. The zero-order valence-corrected chi connectivity index (χ0v) is 11.3. The summed E-state index contributed by atoms with van der Waals surface area (Å²) in [6.07, 6.45) is 0.631. The molecule has 0 radical (unpaired) electrons. The van der Waals surface area contributed by atoms with E-state index >= 15 is 0 Å². The third-order valence-electron chi connectivity index (χ3n) is 3.55. The molecule has 0 spiro atoms. The second-order valence-corrected chi connectivity index (χ2v) is 5.07. The van der Waals surface area contributed by atoms with Crippen molar-refractivity contribution in [3.8, 4) is 0 Å². The number of hydrogen-bond acceptors (Lipinski definition) is 2. The summed E-state index contributed by atoms with van der Waals surface area (Å²) < 4.78 is 18.9. The first-order chi connectivity index (χ1) is 9.63. The Hall–Kier alpha value is -2.13. The van der Waals surface area contributed by atoms with E-state index in [0.717, 1.165) is 27.9 Å². The van der Waals surface area contributed by atoms with Crippen molar-refractivity contribution in [1.82, 2.24) is 0 Å². The summed E-state index contributed by atoms with van der Waals surface area (Å²) in [6, 6.07) is 14.3. The fourth-order valence-corrected chi connectivity index (χ4v) is 2.41. The fourth-order valence-electron chi connectivity index (χ4n) is 2.41. The molecule has 3 heteroatoms. The van der Waals surface area contributed by atoms with Crippen molar-refractivity contribution >= 4 is 11.0 Å². The smallest absolute Gasteiger partial charge is 0.134 e. The van der Waals surface area contributed by atoms with E-state index in [1.54, 1.807) is 6.07 Å². The van der Waals surface area contributed by atoms with E-state index in [0.29, 0.717) is 6.42 Å². The molecule has 1 unspecified atom stereocenters. The van der Waals surface area contributed by atoms with Gasteiger partial charge in [-0.25, -0.2) is 4.39 Å². The molecule has 102 valence electrons.